The molecule has 2 aromatic carbocycles. The number of benzene rings is 2. The van der Waals surface area contributed by atoms with Gasteiger partial charge in [0.15, 0.2) is 0 Å². The third-order valence-corrected chi connectivity index (χ3v) is 5.62. The first-order valence-electron chi connectivity index (χ1n) is 9.34. The molecule has 0 bridgehead atoms. The molecule has 8 heteroatoms. The van der Waals surface area contributed by atoms with E-state index in [0.29, 0.717) is 18.5 Å². The molecule has 3 amide bonds. The first kappa shape index (κ1) is 19.9. The largest absolute Gasteiger partial charge is 0.361 e. The summed E-state index contributed by atoms with van der Waals surface area (Å²) < 4.78 is 13.3. The molecule has 1 fully saturated rings. The second-order valence-electron chi connectivity index (χ2n) is 6.78. The van der Waals surface area contributed by atoms with E-state index in [1.807, 2.05) is 30.5 Å². The van der Waals surface area contributed by atoms with Gasteiger partial charge in [0.25, 0.3) is 11.1 Å². The number of amides is 3. The number of H-pyrrole nitrogens is 1. The maximum absolute atomic E-state index is 13.3. The highest BCUT2D eigenvalue weighted by Crippen LogP contribution is 2.32. The molecule has 2 N–H and O–H groups in total. The van der Waals surface area contributed by atoms with Crippen molar-refractivity contribution in [3.8, 4) is 0 Å². The predicted octanol–water partition coefficient (Wildman–Crippen LogP) is 3.70. The normalized spacial score (nSPS) is 15.4. The highest BCUT2D eigenvalue weighted by Gasteiger charge is 2.36. The molecule has 1 aromatic heterocycles. The summed E-state index contributed by atoms with van der Waals surface area (Å²) in [6.07, 6.45) is 3.98. The van der Waals surface area contributed by atoms with Crippen LogP contribution >= 0.6 is 11.8 Å². The van der Waals surface area contributed by atoms with Crippen LogP contribution in [0.4, 0.5) is 9.18 Å². The zero-order valence-corrected chi connectivity index (χ0v) is 16.7. The van der Waals surface area contributed by atoms with E-state index in [0.717, 1.165) is 33.1 Å². The van der Waals surface area contributed by atoms with Crippen LogP contribution in [0.1, 0.15) is 11.1 Å². The Kier molecular flexibility index (Phi) is 5.67. The van der Waals surface area contributed by atoms with Gasteiger partial charge in [-0.25, -0.2) is 4.39 Å². The van der Waals surface area contributed by atoms with Crippen molar-refractivity contribution in [2.24, 2.45) is 0 Å². The molecule has 3 aromatic rings. The van der Waals surface area contributed by atoms with Crippen LogP contribution in [0.25, 0.3) is 17.0 Å². The summed E-state index contributed by atoms with van der Waals surface area (Å²) in [6, 6.07) is 13.6. The lowest BCUT2D eigenvalue weighted by Crippen LogP contribution is -2.40. The number of para-hydroxylation sites is 1. The summed E-state index contributed by atoms with van der Waals surface area (Å²) >= 11 is 0.740. The molecule has 2 heterocycles. The number of carbonyl (C=O) groups is 3. The minimum atomic E-state index is -0.555. The molecule has 30 heavy (non-hydrogen) atoms. The molecule has 6 nitrogen and oxygen atoms in total. The smallest absolute Gasteiger partial charge is 0.294 e. The number of nitrogens with one attached hydrogen (secondary N) is 2. The van der Waals surface area contributed by atoms with Crippen LogP contribution in [-0.4, -0.2) is 40.0 Å². The maximum atomic E-state index is 13.3. The van der Waals surface area contributed by atoms with Crippen molar-refractivity contribution in [3.63, 3.8) is 0 Å². The van der Waals surface area contributed by atoms with Crippen LogP contribution in [-0.2, 0) is 16.0 Å². The zero-order chi connectivity index (χ0) is 21.1. The Morgan fingerprint density at radius 3 is 2.83 bits per heavy atom. The van der Waals surface area contributed by atoms with E-state index in [9.17, 15) is 18.8 Å². The summed E-state index contributed by atoms with van der Waals surface area (Å²) in [6.45, 7) is 0.0368. The van der Waals surface area contributed by atoms with E-state index in [1.54, 1.807) is 6.07 Å². The van der Waals surface area contributed by atoms with Crippen LogP contribution in [0, 0.1) is 5.82 Å². The Bertz CT molecular complexity index is 1170. The molecule has 1 aliphatic heterocycles. The van der Waals surface area contributed by atoms with Crippen molar-refractivity contribution >= 4 is 45.8 Å². The average molecular weight is 423 g/mol. The Morgan fingerprint density at radius 2 is 2.00 bits per heavy atom. The van der Waals surface area contributed by atoms with Crippen LogP contribution < -0.4 is 5.32 Å². The van der Waals surface area contributed by atoms with Crippen LogP contribution in [0.15, 0.2) is 59.6 Å². The van der Waals surface area contributed by atoms with E-state index in [1.165, 1.54) is 24.3 Å². The second-order valence-corrected chi connectivity index (χ2v) is 7.78. The standard InChI is InChI=1S/C22H18FN3O3S/c23-16-5-3-4-14(10-16)11-19-21(28)26(22(29)30-19)13-20(27)24-9-8-15-12-25-18-7-2-1-6-17(15)18/h1-7,10-12,25H,8-9,13H2,(H,24,27). The van der Waals surface area contributed by atoms with Crippen molar-refractivity contribution in [1.29, 1.82) is 0 Å². The quantitative estimate of drug-likeness (QED) is 0.593. The number of nitrogens with zero attached hydrogens (tertiary/aromatic N) is 1. The monoisotopic (exact) mass is 423 g/mol. The Hall–Kier alpha value is -3.39. The molecule has 0 aliphatic carbocycles. The van der Waals surface area contributed by atoms with Gasteiger partial charge >= 0.3 is 0 Å². The van der Waals surface area contributed by atoms with Gasteiger partial charge in [-0.15, -0.1) is 0 Å². The predicted molar refractivity (Wildman–Crippen MR) is 114 cm³/mol. The van der Waals surface area contributed by atoms with Gasteiger partial charge in [-0.3, -0.25) is 19.3 Å². The highest BCUT2D eigenvalue weighted by molar-refractivity contribution is 8.18. The molecular weight excluding hydrogens is 405 g/mol. The van der Waals surface area contributed by atoms with E-state index >= 15 is 0 Å². The molecule has 0 radical (unpaired) electrons. The molecule has 4 rings (SSSR count). The second kappa shape index (κ2) is 8.54. The zero-order valence-electron chi connectivity index (χ0n) is 15.9. The van der Waals surface area contributed by atoms with Crippen LogP contribution in [0.3, 0.4) is 0 Å². The molecule has 0 atom stereocenters. The van der Waals surface area contributed by atoms with Crippen molar-refractivity contribution < 1.29 is 18.8 Å². The van der Waals surface area contributed by atoms with Crippen LogP contribution in [0.2, 0.25) is 0 Å². The number of hydrogen-bond donors (Lipinski definition) is 2. The fourth-order valence-electron chi connectivity index (χ4n) is 3.26. The first-order chi connectivity index (χ1) is 14.5. The number of carbonyl (C=O) groups excluding carboxylic acids is 3. The van der Waals surface area contributed by atoms with Crippen molar-refractivity contribution in [2.45, 2.75) is 6.42 Å². The number of thioether (sulfide) groups is 1. The fraction of sp³-hybridized carbons (Fsp3) is 0.136. The maximum Gasteiger partial charge on any atom is 0.294 e. The number of aromatic amines is 1. The van der Waals surface area contributed by atoms with Gasteiger partial charge in [0, 0.05) is 23.6 Å². The highest BCUT2D eigenvalue weighted by atomic mass is 32.2. The van der Waals surface area contributed by atoms with Crippen LogP contribution in [0.5, 0.6) is 0 Å². The Morgan fingerprint density at radius 1 is 1.17 bits per heavy atom. The molecule has 1 aliphatic rings. The lowest BCUT2D eigenvalue weighted by Gasteiger charge is -2.12. The Balaban J connectivity index is 1.34. The molecular formula is C22H18FN3O3S. The number of halogens is 1. The fourth-order valence-corrected chi connectivity index (χ4v) is 4.10. The van der Waals surface area contributed by atoms with Crippen molar-refractivity contribution in [3.05, 3.63) is 76.6 Å². The van der Waals surface area contributed by atoms with E-state index < -0.39 is 22.9 Å². The lowest BCUT2D eigenvalue weighted by molar-refractivity contribution is -0.129. The molecule has 152 valence electrons. The van der Waals surface area contributed by atoms with Gasteiger partial charge in [-0.2, -0.15) is 0 Å². The number of fused-ring (bicyclic) bond motifs is 1. The van der Waals surface area contributed by atoms with Gasteiger partial charge in [0.1, 0.15) is 12.4 Å². The molecule has 0 spiro atoms. The minimum Gasteiger partial charge on any atom is -0.361 e. The summed E-state index contributed by atoms with van der Waals surface area (Å²) in [4.78, 5) is 41.1. The van der Waals surface area contributed by atoms with Gasteiger partial charge in [-0.05, 0) is 53.6 Å². The van der Waals surface area contributed by atoms with E-state index in [-0.39, 0.29) is 11.4 Å². The SMILES string of the molecule is O=C(CN1C(=O)SC(=Cc2cccc(F)c2)C1=O)NCCc1c[nH]c2ccccc12. The summed E-state index contributed by atoms with van der Waals surface area (Å²) in [5.41, 5.74) is 2.58. The average Bonchev–Trinajstić information content (AvgIpc) is 3.24. The summed E-state index contributed by atoms with van der Waals surface area (Å²) in [5, 5.41) is 3.33. The summed E-state index contributed by atoms with van der Waals surface area (Å²) in [5.74, 6) is -1.40. The van der Waals surface area contributed by atoms with Gasteiger partial charge in [-0.1, -0.05) is 30.3 Å². The number of imide groups is 1. The number of hydrogen-bond acceptors (Lipinski definition) is 4. The van der Waals surface area contributed by atoms with Crippen molar-refractivity contribution in [2.75, 3.05) is 13.1 Å². The summed E-state index contributed by atoms with van der Waals surface area (Å²) in [7, 11) is 0. The third-order valence-electron chi connectivity index (χ3n) is 4.71. The number of rotatable bonds is 6. The van der Waals surface area contributed by atoms with E-state index in [4.69, 9.17) is 0 Å². The lowest BCUT2D eigenvalue weighted by atomic mass is 10.1. The molecule has 0 unspecified atom stereocenters. The minimum absolute atomic E-state index is 0.164. The molecule has 1 saturated heterocycles. The first-order valence-corrected chi connectivity index (χ1v) is 10.2. The van der Waals surface area contributed by atoms with Gasteiger partial charge in [0.2, 0.25) is 5.91 Å². The Labute approximate surface area is 176 Å². The van der Waals surface area contributed by atoms with Gasteiger partial charge < -0.3 is 10.3 Å². The molecule has 0 saturated carbocycles. The third kappa shape index (κ3) is 4.28. The van der Waals surface area contributed by atoms with Gasteiger partial charge in [0.05, 0.1) is 4.91 Å². The van der Waals surface area contributed by atoms with E-state index in [2.05, 4.69) is 10.3 Å². The topological polar surface area (TPSA) is 82.3 Å². The van der Waals surface area contributed by atoms with Crippen molar-refractivity contribution in [1.82, 2.24) is 15.2 Å². The number of aromatic nitrogens is 1.